The van der Waals surface area contributed by atoms with Crippen molar-refractivity contribution in [3.63, 3.8) is 0 Å². The van der Waals surface area contributed by atoms with Crippen LogP contribution in [0.25, 0.3) is 0 Å². The lowest BCUT2D eigenvalue weighted by Crippen LogP contribution is -2.21. The highest BCUT2D eigenvalue weighted by Crippen LogP contribution is 2.02. The minimum absolute atomic E-state index is 0.685. The molecule has 0 fully saturated rings. The van der Waals surface area contributed by atoms with Gasteiger partial charge in [0.05, 0.1) is 0 Å². The van der Waals surface area contributed by atoms with E-state index >= 15 is 0 Å². The summed E-state index contributed by atoms with van der Waals surface area (Å²) in [5.74, 6) is 0.685. The van der Waals surface area contributed by atoms with Gasteiger partial charge >= 0.3 is 0 Å². The quantitative estimate of drug-likeness (QED) is 0.560. The van der Waals surface area contributed by atoms with Gasteiger partial charge in [0.25, 0.3) is 0 Å². The Morgan fingerprint density at radius 3 is 1.78 bits per heavy atom. The molecule has 0 aliphatic carbocycles. The molecule has 0 aromatic heterocycles. The summed E-state index contributed by atoms with van der Waals surface area (Å²) in [6.45, 7) is 13.3. The fourth-order valence-electron chi connectivity index (χ4n) is 0.856. The maximum absolute atomic E-state index is 2.32. The van der Waals surface area contributed by atoms with Crippen LogP contribution in [0.15, 0.2) is 0 Å². The van der Waals surface area contributed by atoms with Gasteiger partial charge in [-0.2, -0.15) is 0 Å². The van der Waals surface area contributed by atoms with Crippen molar-refractivity contribution in [2.45, 2.75) is 27.7 Å². The zero-order valence-corrected chi connectivity index (χ0v) is 7.02. The molecule has 0 saturated heterocycles. The molecule has 0 aliphatic heterocycles. The number of hydrogen-bond donors (Lipinski definition) is 0. The summed E-state index contributed by atoms with van der Waals surface area (Å²) in [6.07, 6.45) is 0. The SMILES string of the molecule is CCN([CH]C(C)C)CC. The molecular formula is C8H18N. The molecule has 1 heteroatoms. The Balaban J connectivity index is 3.31. The number of rotatable bonds is 4. The second-order valence-corrected chi connectivity index (χ2v) is 2.61. The molecule has 0 heterocycles. The van der Waals surface area contributed by atoms with Crippen molar-refractivity contribution < 1.29 is 0 Å². The van der Waals surface area contributed by atoms with Crippen LogP contribution in [-0.2, 0) is 0 Å². The van der Waals surface area contributed by atoms with Crippen LogP contribution in [0, 0.1) is 12.5 Å². The predicted molar refractivity (Wildman–Crippen MR) is 42.1 cm³/mol. The Morgan fingerprint density at radius 2 is 1.67 bits per heavy atom. The standard InChI is InChI=1S/C8H18N/c1-5-9(6-2)7-8(3)4/h7-8H,5-6H2,1-4H3. The van der Waals surface area contributed by atoms with Gasteiger partial charge < -0.3 is 0 Å². The zero-order chi connectivity index (χ0) is 7.28. The van der Waals surface area contributed by atoms with Gasteiger partial charge in [0.2, 0.25) is 0 Å². The fraction of sp³-hybridized carbons (Fsp3) is 0.875. The monoisotopic (exact) mass is 128 g/mol. The second kappa shape index (κ2) is 4.80. The van der Waals surface area contributed by atoms with E-state index in [2.05, 4.69) is 39.1 Å². The first kappa shape index (κ1) is 8.96. The smallest absolute Gasteiger partial charge is 0.0276 e. The average Bonchev–Trinajstić information content (AvgIpc) is 1.82. The van der Waals surface area contributed by atoms with Crippen LogP contribution in [0.3, 0.4) is 0 Å². The summed E-state index contributed by atoms with van der Waals surface area (Å²) < 4.78 is 0. The summed E-state index contributed by atoms with van der Waals surface area (Å²) >= 11 is 0. The van der Waals surface area contributed by atoms with Crippen LogP contribution in [0.5, 0.6) is 0 Å². The zero-order valence-electron chi connectivity index (χ0n) is 7.02. The van der Waals surface area contributed by atoms with E-state index in [4.69, 9.17) is 0 Å². The Kier molecular flexibility index (Phi) is 4.78. The Labute approximate surface area is 59.1 Å². The predicted octanol–water partition coefficient (Wildman–Crippen LogP) is 2.15. The summed E-state index contributed by atoms with van der Waals surface area (Å²) in [4.78, 5) is 2.32. The third-order valence-electron chi connectivity index (χ3n) is 1.32. The number of hydrogen-bond acceptors (Lipinski definition) is 1. The maximum atomic E-state index is 2.32. The molecule has 1 radical (unpaired) electrons. The van der Waals surface area contributed by atoms with E-state index < -0.39 is 0 Å². The first-order valence-electron chi connectivity index (χ1n) is 3.79. The normalized spacial score (nSPS) is 11.3. The van der Waals surface area contributed by atoms with Gasteiger partial charge in [-0.05, 0) is 19.0 Å². The van der Waals surface area contributed by atoms with E-state index in [0.29, 0.717) is 5.92 Å². The van der Waals surface area contributed by atoms with Gasteiger partial charge in [0, 0.05) is 6.54 Å². The van der Waals surface area contributed by atoms with Crippen molar-refractivity contribution >= 4 is 0 Å². The molecule has 0 saturated carbocycles. The van der Waals surface area contributed by atoms with Gasteiger partial charge in [-0.15, -0.1) is 0 Å². The third-order valence-corrected chi connectivity index (χ3v) is 1.32. The van der Waals surface area contributed by atoms with E-state index in [1.807, 2.05) is 0 Å². The van der Waals surface area contributed by atoms with E-state index in [1.165, 1.54) is 0 Å². The molecule has 1 nitrogen and oxygen atoms in total. The third kappa shape index (κ3) is 4.46. The first-order valence-corrected chi connectivity index (χ1v) is 3.79. The van der Waals surface area contributed by atoms with Crippen LogP contribution in [0.2, 0.25) is 0 Å². The average molecular weight is 128 g/mol. The molecule has 0 aromatic rings. The van der Waals surface area contributed by atoms with Crippen LogP contribution in [0.4, 0.5) is 0 Å². The van der Waals surface area contributed by atoms with E-state index in [1.54, 1.807) is 0 Å². The van der Waals surface area contributed by atoms with E-state index in [0.717, 1.165) is 13.1 Å². The van der Waals surface area contributed by atoms with E-state index in [9.17, 15) is 0 Å². The van der Waals surface area contributed by atoms with Gasteiger partial charge in [0.1, 0.15) is 0 Å². The molecule has 0 spiro atoms. The molecular weight excluding hydrogens is 110 g/mol. The van der Waals surface area contributed by atoms with Crippen LogP contribution < -0.4 is 0 Å². The Bertz CT molecular complexity index is 55.6. The molecule has 0 aromatic carbocycles. The highest BCUT2D eigenvalue weighted by atomic mass is 15.1. The lowest BCUT2D eigenvalue weighted by Gasteiger charge is -2.18. The first-order chi connectivity index (χ1) is 4.20. The molecule has 0 bridgehead atoms. The largest absolute Gasteiger partial charge is 0.299 e. The summed E-state index contributed by atoms with van der Waals surface area (Å²) in [5.41, 5.74) is 0. The van der Waals surface area contributed by atoms with Gasteiger partial charge in [-0.1, -0.05) is 27.7 Å². The van der Waals surface area contributed by atoms with Crippen molar-refractivity contribution in [3.05, 3.63) is 6.54 Å². The topological polar surface area (TPSA) is 3.24 Å². The highest BCUT2D eigenvalue weighted by molar-refractivity contribution is 4.68. The molecule has 55 valence electrons. The van der Waals surface area contributed by atoms with Crippen LogP contribution in [0.1, 0.15) is 27.7 Å². The van der Waals surface area contributed by atoms with Crippen molar-refractivity contribution in [2.24, 2.45) is 5.92 Å². The van der Waals surface area contributed by atoms with Crippen molar-refractivity contribution in [3.8, 4) is 0 Å². The van der Waals surface area contributed by atoms with Crippen molar-refractivity contribution in [1.82, 2.24) is 4.90 Å². The fourth-order valence-corrected chi connectivity index (χ4v) is 0.856. The Morgan fingerprint density at radius 1 is 1.22 bits per heavy atom. The molecule has 0 atom stereocenters. The number of nitrogens with zero attached hydrogens (tertiary/aromatic N) is 1. The summed E-state index contributed by atoms with van der Waals surface area (Å²) in [6, 6.07) is 0. The second-order valence-electron chi connectivity index (χ2n) is 2.61. The molecule has 0 aliphatic rings. The molecule has 9 heavy (non-hydrogen) atoms. The van der Waals surface area contributed by atoms with Crippen molar-refractivity contribution in [2.75, 3.05) is 13.1 Å². The molecule has 0 rings (SSSR count). The van der Waals surface area contributed by atoms with E-state index in [-0.39, 0.29) is 0 Å². The van der Waals surface area contributed by atoms with Crippen LogP contribution >= 0.6 is 0 Å². The molecule has 0 amide bonds. The summed E-state index contributed by atoms with van der Waals surface area (Å²) in [7, 11) is 0. The van der Waals surface area contributed by atoms with Crippen LogP contribution in [-0.4, -0.2) is 18.0 Å². The Hall–Kier alpha value is -0.0400. The highest BCUT2D eigenvalue weighted by Gasteiger charge is 2.00. The van der Waals surface area contributed by atoms with Gasteiger partial charge in [-0.25, -0.2) is 0 Å². The minimum atomic E-state index is 0.685. The summed E-state index contributed by atoms with van der Waals surface area (Å²) in [5, 5.41) is 0. The lowest BCUT2D eigenvalue weighted by molar-refractivity contribution is 0.334. The maximum Gasteiger partial charge on any atom is 0.0276 e. The van der Waals surface area contributed by atoms with Gasteiger partial charge in [-0.3, -0.25) is 4.90 Å². The minimum Gasteiger partial charge on any atom is -0.299 e. The molecule has 0 unspecified atom stereocenters. The molecule has 0 N–H and O–H groups in total. The van der Waals surface area contributed by atoms with Gasteiger partial charge in [0.15, 0.2) is 0 Å². The van der Waals surface area contributed by atoms with Crippen molar-refractivity contribution in [1.29, 1.82) is 0 Å². The lowest BCUT2D eigenvalue weighted by atomic mass is 10.2.